The number of nitroso groups, excluding NO2 is 1. The van der Waals surface area contributed by atoms with Gasteiger partial charge in [-0.1, -0.05) is 42.5 Å². The summed E-state index contributed by atoms with van der Waals surface area (Å²) < 4.78 is 0. The van der Waals surface area contributed by atoms with Crippen molar-refractivity contribution in [3.05, 3.63) is 70.1 Å². The lowest BCUT2D eigenvalue weighted by molar-refractivity contribution is 0.230. The number of benzene rings is 2. The van der Waals surface area contributed by atoms with Crippen LogP contribution in [0.5, 0.6) is 0 Å². The summed E-state index contributed by atoms with van der Waals surface area (Å²) in [5.74, 6) is 0. The average Bonchev–Trinajstić information content (AvgIpc) is 2.69. The second-order valence-corrected chi connectivity index (χ2v) is 5.71. The molecule has 2 aliphatic rings. The van der Waals surface area contributed by atoms with E-state index in [1.54, 1.807) is 5.01 Å². The maximum atomic E-state index is 10.9. The van der Waals surface area contributed by atoms with Crippen LogP contribution < -0.4 is 4.90 Å². The van der Waals surface area contributed by atoms with Gasteiger partial charge in [-0.05, 0) is 29.2 Å². The highest BCUT2D eigenvalue weighted by Crippen LogP contribution is 2.38. The van der Waals surface area contributed by atoms with Gasteiger partial charge < -0.3 is 4.90 Å². The van der Waals surface area contributed by atoms with Crippen molar-refractivity contribution in [1.82, 2.24) is 5.01 Å². The Balaban J connectivity index is 1.87. The maximum Gasteiger partial charge on any atom is 0.0739 e. The van der Waals surface area contributed by atoms with E-state index in [1.165, 1.54) is 22.4 Å². The summed E-state index contributed by atoms with van der Waals surface area (Å²) in [4.78, 5) is 13.4. The quantitative estimate of drug-likeness (QED) is 0.752. The number of anilines is 1. The Hall–Kier alpha value is -2.36. The first-order chi connectivity index (χ1) is 10.4. The number of para-hydroxylation sites is 1. The number of fused-ring (bicyclic) bond motifs is 5. The lowest BCUT2D eigenvalue weighted by Crippen LogP contribution is -2.46. The van der Waals surface area contributed by atoms with E-state index in [0.717, 1.165) is 13.0 Å². The normalized spacial score (nSPS) is 20.1. The SMILES string of the molecule is O=NN1CCN2c3ccccc3Cc3ccccc3C2C1. The molecule has 2 aromatic rings. The molecule has 1 atom stereocenters. The molecule has 4 rings (SSSR count). The molecule has 0 aromatic heterocycles. The van der Waals surface area contributed by atoms with Crippen molar-refractivity contribution in [3.8, 4) is 0 Å². The Labute approximate surface area is 123 Å². The lowest BCUT2D eigenvalue weighted by atomic mass is 9.96. The Kier molecular flexibility index (Phi) is 2.88. The number of rotatable bonds is 1. The van der Waals surface area contributed by atoms with Gasteiger partial charge in [0.05, 0.1) is 24.4 Å². The van der Waals surface area contributed by atoms with Gasteiger partial charge in [0.1, 0.15) is 0 Å². The minimum absolute atomic E-state index is 0.205. The molecule has 1 fully saturated rings. The highest BCUT2D eigenvalue weighted by atomic mass is 16.3. The number of hydrogen-bond acceptors (Lipinski definition) is 3. The van der Waals surface area contributed by atoms with Crippen LogP contribution in [0.15, 0.2) is 53.8 Å². The summed E-state index contributed by atoms with van der Waals surface area (Å²) in [5, 5.41) is 4.80. The Bertz CT molecular complexity index is 685. The van der Waals surface area contributed by atoms with Crippen molar-refractivity contribution in [3.63, 3.8) is 0 Å². The van der Waals surface area contributed by atoms with Gasteiger partial charge >= 0.3 is 0 Å². The molecule has 2 heterocycles. The summed E-state index contributed by atoms with van der Waals surface area (Å²) >= 11 is 0. The van der Waals surface area contributed by atoms with Gasteiger partial charge in [0.2, 0.25) is 0 Å². The van der Waals surface area contributed by atoms with Crippen LogP contribution in [0, 0.1) is 4.91 Å². The van der Waals surface area contributed by atoms with E-state index in [4.69, 9.17) is 0 Å². The minimum Gasteiger partial charge on any atom is -0.361 e. The minimum atomic E-state index is 0.205. The van der Waals surface area contributed by atoms with E-state index in [0.29, 0.717) is 13.1 Å². The summed E-state index contributed by atoms with van der Waals surface area (Å²) in [6.45, 7) is 2.19. The Morgan fingerprint density at radius 1 is 0.952 bits per heavy atom. The van der Waals surface area contributed by atoms with E-state index >= 15 is 0 Å². The largest absolute Gasteiger partial charge is 0.361 e. The van der Waals surface area contributed by atoms with Gasteiger partial charge in [-0.15, -0.1) is 4.91 Å². The van der Waals surface area contributed by atoms with Gasteiger partial charge in [-0.3, -0.25) is 5.01 Å². The molecule has 1 unspecified atom stereocenters. The predicted molar refractivity (Wildman–Crippen MR) is 83.1 cm³/mol. The first-order valence-electron chi connectivity index (χ1n) is 7.37. The third kappa shape index (κ3) is 1.98. The molecule has 0 bridgehead atoms. The van der Waals surface area contributed by atoms with E-state index in [2.05, 4.69) is 58.7 Å². The van der Waals surface area contributed by atoms with Crippen molar-refractivity contribution in [2.24, 2.45) is 5.29 Å². The fraction of sp³-hybridized carbons (Fsp3) is 0.294. The number of nitrogens with zero attached hydrogens (tertiary/aromatic N) is 3. The van der Waals surface area contributed by atoms with Crippen LogP contribution in [-0.2, 0) is 6.42 Å². The average molecular weight is 279 g/mol. The van der Waals surface area contributed by atoms with Crippen molar-refractivity contribution >= 4 is 5.69 Å². The van der Waals surface area contributed by atoms with E-state index in [9.17, 15) is 4.91 Å². The maximum absolute atomic E-state index is 10.9. The van der Waals surface area contributed by atoms with Crippen LogP contribution in [0.3, 0.4) is 0 Å². The first kappa shape index (κ1) is 12.4. The van der Waals surface area contributed by atoms with E-state index < -0.39 is 0 Å². The van der Waals surface area contributed by atoms with Gasteiger partial charge in [0.15, 0.2) is 0 Å². The molecule has 2 aliphatic heterocycles. The van der Waals surface area contributed by atoms with Crippen molar-refractivity contribution in [2.45, 2.75) is 12.5 Å². The topological polar surface area (TPSA) is 35.9 Å². The van der Waals surface area contributed by atoms with Crippen LogP contribution in [0.1, 0.15) is 22.7 Å². The third-order valence-electron chi connectivity index (χ3n) is 4.57. The Morgan fingerprint density at radius 2 is 1.71 bits per heavy atom. The van der Waals surface area contributed by atoms with Crippen LogP contribution in [0.4, 0.5) is 5.69 Å². The summed E-state index contributed by atoms with van der Waals surface area (Å²) in [6, 6.07) is 17.4. The third-order valence-corrected chi connectivity index (χ3v) is 4.57. The van der Waals surface area contributed by atoms with E-state index in [-0.39, 0.29) is 6.04 Å². The molecular weight excluding hydrogens is 262 g/mol. The zero-order valence-corrected chi connectivity index (χ0v) is 11.8. The van der Waals surface area contributed by atoms with Gasteiger partial charge in [-0.2, -0.15) is 0 Å². The van der Waals surface area contributed by atoms with Gasteiger partial charge in [0.25, 0.3) is 0 Å². The monoisotopic (exact) mass is 279 g/mol. The highest BCUT2D eigenvalue weighted by Gasteiger charge is 2.33. The molecule has 0 saturated carbocycles. The van der Waals surface area contributed by atoms with Crippen LogP contribution in [0.2, 0.25) is 0 Å². The second kappa shape index (κ2) is 4.88. The summed E-state index contributed by atoms with van der Waals surface area (Å²) in [6.07, 6.45) is 0.952. The molecule has 0 aliphatic carbocycles. The number of piperazine rings is 1. The number of hydrogen-bond donors (Lipinski definition) is 0. The molecule has 0 N–H and O–H groups in total. The van der Waals surface area contributed by atoms with Crippen LogP contribution in [0.25, 0.3) is 0 Å². The smallest absolute Gasteiger partial charge is 0.0739 e. The predicted octanol–water partition coefficient (Wildman–Crippen LogP) is 3.14. The molecular formula is C17H17N3O. The highest BCUT2D eigenvalue weighted by molar-refractivity contribution is 5.60. The van der Waals surface area contributed by atoms with E-state index in [1.807, 2.05) is 0 Å². The molecule has 2 aromatic carbocycles. The molecule has 0 amide bonds. The Morgan fingerprint density at radius 3 is 2.57 bits per heavy atom. The first-order valence-corrected chi connectivity index (χ1v) is 7.37. The molecule has 4 heteroatoms. The van der Waals surface area contributed by atoms with Crippen molar-refractivity contribution in [1.29, 1.82) is 0 Å². The standard InChI is InChI=1S/C17H17N3O/c21-18-19-9-10-20-16-8-4-2-6-14(16)11-13-5-1-3-7-15(13)17(20)12-19/h1-8,17H,9-12H2. The molecule has 106 valence electrons. The van der Waals surface area contributed by atoms with Crippen LogP contribution in [-0.4, -0.2) is 24.6 Å². The molecule has 1 saturated heterocycles. The summed E-state index contributed by atoms with van der Waals surface area (Å²) in [5.41, 5.74) is 5.33. The summed E-state index contributed by atoms with van der Waals surface area (Å²) in [7, 11) is 0. The zero-order chi connectivity index (χ0) is 14.2. The fourth-order valence-electron chi connectivity index (χ4n) is 3.56. The van der Waals surface area contributed by atoms with Gasteiger partial charge in [0, 0.05) is 12.2 Å². The molecule has 0 spiro atoms. The molecule has 0 radical (unpaired) electrons. The zero-order valence-electron chi connectivity index (χ0n) is 11.8. The van der Waals surface area contributed by atoms with Crippen molar-refractivity contribution in [2.75, 3.05) is 24.5 Å². The molecule has 4 nitrogen and oxygen atoms in total. The second-order valence-electron chi connectivity index (χ2n) is 5.71. The molecule has 21 heavy (non-hydrogen) atoms. The van der Waals surface area contributed by atoms with Crippen molar-refractivity contribution < 1.29 is 0 Å². The van der Waals surface area contributed by atoms with Gasteiger partial charge in [-0.25, -0.2) is 0 Å². The lowest BCUT2D eigenvalue weighted by Gasteiger charge is -2.40. The fourth-order valence-corrected chi connectivity index (χ4v) is 3.56. The van der Waals surface area contributed by atoms with Crippen LogP contribution >= 0.6 is 0 Å².